The van der Waals surface area contributed by atoms with E-state index < -0.39 is 0 Å². The summed E-state index contributed by atoms with van der Waals surface area (Å²) in [6.45, 7) is 0.510. The molecule has 0 spiro atoms. The molecule has 1 aromatic heterocycles. The van der Waals surface area contributed by atoms with Crippen LogP contribution in [0.15, 0.2) is 102 Å². The predicted octanol–water partition coefficient (Wildman–Crippen LogP) is 4.63. The third-order valence-electron chi connectivity index (χ3n) is 4.36. The predicted molar refractivity (Wildman–Crippen MR) is 105 cm³/mol. The van der Waals surface area contributed by atoms with Gasteiger partial charge in [0.25, 0.3) is 5.56 Å². The van der Waals surface area contributed by atoms with E-state index in [1.807, 2.05) is 48.5 Å². The number of benzene rings is 3. The van der Waals surface area contributed by atoms with E-state index in [1.165, 1.54) is 11.1 Å². The highest BCUT2D eigenvalue weighted by molar-refractivity contribution is 5.63. The van der Waals surface area contributed by atoms with E-state index in [-0.39, 0.29) is 5.56 Å². The molecule has 0 aliphatic rings. The van der Waals surface area contributed by atoms with Crippen molar-refractivity contribution in [3.63, 3.8) is 0 Å². The number of aromatic nitrogens is 2. The molecular weight excluding hydrogens is 320 g/mol. The average molecular weight is 338 g/mol. The second kappa shape index (κ2) is 7.19. The van der Waals surface area contributed by atoms with Crippen molar-refractivity contribution in [2.24, 2.45) is 0 Å². The van der Waals surface area contributed by atoms with E-state index in [4.69, 9.17) is 0 Å². The van der Waals surface area contributed by atoms with Crippen LogP contribution in [0.1, 0.15) is 5.56 Å². The van der Waals surface area contributed by atoms with E-state index >= 15 is 0 Å². The van der Waals surface area contributed by atoms with Gasteiger partial charge in [-0.25, -0.2) is 4.98 Å². The van der Waals surface area contributed by atoms with Gasteiger partial charge in [0.1, 0.15) is 0 Å². The van der Waals surface area contributed by atoms with Crippen molar-refractivity contribution in [3.05, 3.63) is 113 Å². The molecule has 3 heteroatoms. The molecule has 4 rings (SSSR count). The highest BCUT2D eigenvalue weighted by Crippen LogP contribution is 2.19. The summed E-state index contributed by atoms with van der Waals surface area (Å²) in [5.41, 5.74) is 5.02. The topological polar surface area (TPSA) is 34.9 Å². The molecule has 0 fully saturated rings. The minimum Gasteiger partial charge on any atom is -0.295 e. The van der Waals surface area contributed by atoms with Gasteiger partial charge in [-0.15, -0.1) is 0 Å². The third kappa shape index (κ3) is 3.47. The smallest absolute Gasteiger partial charge is 0.254 e. The molecule has 126 valence electrons. The molecule has 0 N–H and O–H groups in total. The Bertz CT molecular complexity index is 1050. The Kier molecular flexibility index (Phi) is 4.44. The first kappa shape index (κ1) is 16.0. The second-order valence-electron chi connectivity index (χ2n) is 6.17. The van der Waals surface area contributed by atoms with Crippen LogP contribution < -0.4 is 5.56 Å². The molecule has 0 saturated heterocycles. The van der Waals surface area contributed by atoms with Crippen LogP contribution in [-0.4, -0.2) is 9.55 Å². The van der Waals surface area contributed by atoms with Crippen molar-refractivity contribution in [1.29, 1.82) is 0 Å². The molecular formula is C23H18N2O. The van der Waals surface area contributed by atoms with Gasteiger partial charge in [-0.3, -0.25) is 9.36 Å². The lowest BCUT2D eigenvalue weighted by molar-refractivity contribution is 0.738. The lowest BCUT2D eigenvalue weighted by Crippen LogP contribution is -2.20. The van der Waals surface area contributed by atoms with Crippen LogP contribution in [0.4, 0.5) is 0 Å². The van der Waals surface area contributed by atoms with Crippen molar-refractivity contribution in [3.8, 4) is 22.4 Å². The molecule has 0 bridgehead atoms. The minimum atomic E-state index is -0.0500. The van der Waals surface area contributed by atoms with Crippen LogP contribution >= 0.6 is 0 Å². The maximum Gasteiger partial charge on any atom is 0.254 e. The van der Waals surface area contributed by atoms with Crippen LogP contribution in [0, 0.1) is 0 Å². The maximum atomic E-state index is 12.4. The molecule has 0 radical (unpaired) electrons. The van der Waals surface area contributed by atoms with Crippen molar-refractivity contribution in [2.45, 2.75) is 6.54 Å². The number of nitrogens with zero attached hydrogens (tertiary/aromatic N) is 2. The zero-order valence-electron chi connectivity index (χ0n) is 14.2. The Labute approximate surface area is 152 Å². The molecule has 1 heterocycles. The van der Waals surface area contributed by atoms with Crippen molar-refractivity contribution < 1.29 is 0 Å². The summed E-state index contributed by atoms with van der Waals surface area (Å²) < 4.78 is 1.63. The molecule has 0 aliphatic carbocycles. The van der Waals surface area contributed by atoms with E-state index in [1.54, 1.807) is 17.0 Å². The van der Waals surface area contributed by atoms with Crippen LogP contribution in [0.3, 0.4) is 0 Å². The van der Waals surface area contributed by atoms with E-state index in [2.05, 4.69) is 41.4 Å². The Morgan fingerprint density at radius 3 is 1.88 bits per heavy atom. The van der Waals surface area contributed by atoms with Crippen LogP contribution in [0.2, 0.25) is 0 Å². The molecule has 3 aromatic carbocycles. The minimum absolute atomic E-state index is 0.0500. The Balaban J connectivity index is 1.55. The van der Waals surface area contributed by atoms with Crippen molar-refractivity contribution in [2.75, 3.05) is 0 Å². The summed E-state index contributed by atoms with van der Waals surface area (Å²) in [5.74, 6) is 0. The highest BCUT2D eigenvalue weighted by Gasteiger charge is 2.04. The normalized spacial score (nSPS) is 10.6. The molecule has 0 atom stereocenters. The van der Waals surface area contributed by atoms with E-state index in [0.29, 0.717) is 12.2 Å². The fourth-order valence-electron chi connectivity index (χ4n) is 2.94. The summed E-state index contributed by atoms with van der Waals surface area (Å²) in [4.78, 5) is 16.9. The number of rotatable bonds is 4. The lowest BCUT2D eigenvalue weighted by atomic mass is 10.0. The Morgan fingerprint density at radius 2 is 1.27 bits per heavy atom. The zero-order valence-corrected chi connectivity index (χ0v) is 14.2. The Morgan fingerprint density at radius 1 is 0.692 bits per heavy atom. The standard InChI is InChI=1S/C23H18N2O/c26-23-15-22(21-9-5-2-6-10-21)24-17-25(23)16-18-11-13-20(14-12-18)19-7-3-1-4-8-19/h1-15,17H,16H2. The van der Waals surface area contributed by atoms with Crippen LogP contribution in [-0.2, 0) is 6.54 Å². The van der Waals surface area contributed by atoms with Gasteiger partial charge >= 0.3 is 0 Å². The first-order valence-corrected chi connectivity index (χ1v) is 8.56. The van der Waals surface area contributed by atoms with E-state index in [0.717, 1.165) is 11.1 Å². The van der Waals surface area contributed by atoms with Crippen LogP contribution in [0.5, 0.6) is 0 Å². The highest BCUT2D eigenvalue weighted by atomic mass is 16.1. The largest absolute Gasteiger partial charge is 0.295 e. The van der Waals surface area contributed by atoms with Gasteiger partial charge in [0.05, 0.1) is 18.6 Å². The van der Waals surface area contributed by atoms with Gasteiger partial charge in [-0.2, -0.15) is 0 Å². The van der Waals surface area contributed by atoms with Crippen LogP contribution in [0.25, 0.3) is 22.4 Å². The average Bonchev–Trinajstić information content (AvgIpc) is 2.71. The van der Waals surface area contributed by atoms with Gasteiger partial charge < -0.3 is 0 Å². The molecule has 4 aromatic rings. The first-order valence-electron chi connectivity index (χ1n) is 8.56. The molecule has 26 heavy (non-hydrogen) atoms. The van der Waals surface area contributed by atoms with Gasteiger partial charge in [-0.1, -0.05) is 84.9 Å². The SMILES string of the molecule is O=c1cc(-c2ccccc2)ncn1Cc1ccc(-c2ccccc2)cc1. The van der Waals surface area contributed by atoms with E-state index in [9.17, 15) is 4.79 Å². The fourth-order valence-corrected chi connectivity index (χ4v) is 2.94. The summed E-state index contributed by atoms with van der Waals surface area (Å²) in [6, 6.07) is 29.9. The molecule has 0 aliphatic heterocycles. The summed E-state index contributed by atoms with van der Waals surface area (Å²) in [7, 11) is 0. The summed E-state index contributed by atoms with van der Waals surface area (Å²) in [5, 5.41) is 0. The van der Waals surface area contributed by atoms with Gasteiger partial charge in [-0.05, 0) is 16.7 Å². The first-order chi connectivity index (χ1) is 12.8. The fraction of sp³-hybridized carbons (Fsp3) is 0.0435. The Hall–Kier alpha value is -3.46. The summed E-state index contributed by atoms with van der Waals surface area (Å²) in [6.07, 6.45) is 1.62. The molecule has 3 nitrogen and oxygen atoms in total. The van der Waals surface area contributed by atoms with Gasteiger partial charge in [0.15, 0.2) is 0 Å². The van der Waals surface area contributed by atoms with Gasteiger partial charge in [0, 0.05) is 11.6 Å². The maximum absolute atomic E-state index is 12.4. The lowest BCUT2D eigenvalue weighted by Gasteiger charge is -2.08. The molecule has 0 saturated carbocycles. The second-order valence-corrected chi connectivity index (χ2v) is 6.17. The molecule has 0 unspecified atom stereocenters. The van der Waals surface area contributed by atoms with Crippen molar-refractivity contribution >= 4 is 0 Å². The quantitative estimate of drug-likeness (QED) is 0.544. The molecule has 0 amide bonds. The van der Waals surface area contributed by atoms with Gasteiger partial charge in [0.2, 0.25) is 0 Å². The summed E-state index contributed by atoms with van der Waals surface area (Å²) >= 11 is 0. The zero-order chi connectivity index (χ0) is 17.8. The van der Waals surface area contributed by atoms with Crippen molar-refractivity contribution in [1.82, 2.24) is 9.55 Å². The third-order valence-corrected chi connectivity index (χ3v) is 4.36. The monoisotopic (exact) mass is 338 g/mol. The number of hydrogen-bond acceptors (Lipinski definition) is 2. The number of hydrogen-bond donors (Lipinski definition) is 0.